The van der Waals surface area contributed by atoms with Crippen molar-refractivity contribution in [1.82, 2.24) is 0 Å². The third kappa shape index (κ3) is 3.60. The van der Waals surface area contributed by atoms with Crippen LogP contribution in [0.3, 0.4) is 0 Å². The van der Waals surface area contributed by atoms with Crippen LogP contribution in [0.1, 0.15) is 49.4 Å². The maximum Gasteiger partial charge on any atom is 0.0502 e. The second-order valence-electron chi connectivity index (χ2n) is 5.10. The van der Waals surface area contributed by atoms with E-state index < -0.39 is 0 Å². The fourth-order valence-corrected chi connectivity index (χ4v) is 3.31. The van der Waals surface area contributed by atoms with E-state index in [4.69, 9.17) is 5.73 Å². The normalized spacial score (nSPS) is 14.4. The Balaban J connectivity index is 3.42. The molecule has 2 N–H and O–H groups in total. The molecule has 0 radical (unpaired) electrons. The van der Waals surface area contributed by atoms with Gasteiger partial charge in [-0.1, -0.05) is 27.4 Å². The van der Waals surface area contributed by atoms with Gasteiger partial charge in [0.25, 0.3) is 0 Å². The molecule has 1 heterocycles. The molecule has 1 aromatic heterocycles. The third-order valence-corrected chi connectivity index (χ3v) is 5.05. The van der Waals surface area contributed by atoms with E-state index in [1.807, 2.05) is 13.3 Å². The molecular weight excluding hydrogens is 264 g/mol. The van der Waals surface area contributed by atoms with Crippen LogP contribution in [0.4, 0.5) is 0 Å². The van der Waals surface area contributed by atoms with Gasteiger partial charge in [0, 0.05) is 23.8 Å². The summed E-state index contributed by atoms with van der Waals surface area (Å²) >= 11 is 1.75. The molecule has 110 valence electrons. The molecule has 0 spiro atoms. The van der Waals surface area contributed by atoms with Crippen molar-refractivity contribution in [2.45, 2.75) is 40.5 Å². The van der Waals surface area contributed by atoms with E-state index in [1.54, 1.807) is 11.3 Å². The monoisotopic (exact) mass is 290 g/mol. The Labute approximate surface area is 127 Å². The molecule has 3 heteroatoms. The maximum atomic E-state index is 5.85. The molecular formula is C17H26N2S. The van der Waals surface area contributed by atoms with E-state index >= 15 is 0 Å². The first-order valence-corrected chi connectivity index (χ1v) is 7.98. The van der Waals surface area contributed by atoms with Crippen LogP contribution in [-0.4, -0.2) is 13.3 Å². The van der Waals surface area contributed by atoms with Crippen molar-refractivity contribution >= 4 is 28.8 Å². The topological polar surface area (TPSA) is 38.4 Å². The van der Waals surface area contributed by atoms with Gasteiger partial charge in [-0.05, 0) is 48.5 Å². The Morgan fingerprint density at radius 1 is 1.50 bits per heavy atom. The van der Waals surface area contributed by atoms with E-state index in [1.165, 1.54) is 21.6 Å². The maximum absolute atomic E-state index is 5.85. The lowest BCUT2D eigenvalue weighted by Gasteiger charge is -2.14. The summed E-state index contributed by atoms with van der Waals surface area (Å²) in [6.07, 6.45) is 4.12. The van der Waals surface area contributed by atoms with E-state index in [2.05, 4.69) is 45.3 Å². The molecule has 0 fully saturated rings. The predicted octanol–water partition coefficient (Wildman–Crippen LogP) is 4.76. The summed E-state index contributed by atoms with van der Waals surface area (Å²) in [5, 5.41) is 0. The summed E-state index contributed by atoms with van der Waals surface area (Å²) < 4.78 is 0. The average Bonchev–Trinajstić information content (AvgIpc) is 2.87. The minimum Gasteiger partial charge on any atom is -0.398 e. The van der Waals surface area contributed by atoms with Crippen molar-refractivity contribution < 1.29 is 0 Å². The summed E-state index contributed by atoms with van der Waals surface area (Å²) in [4.78, 5) is 6.67. The van der Waals surface area contributed by atoms with Crippen molar-refractivity contribution in [3.05, 3.63) is 33.5 Å². The van der Waals surface area contributed by atoms with Gasteiger partial charge in [-0.2, -0.15) is 0 Å². The highest BCUT2D eigenvalue weighted by molar-refractivity contribution is 7.13. The Morgan fingerprint density at radius 2 is 2.15 bits per heavy atom. The molecule has 1 aromatic rings. The first-order chi connectivity index (χ1) is 9.46. The van der Waals surface area contributed by atoms with Crippen LogP contribution in [0.5, 0.6) is 0 Å². The van der Waals surface area contributed by atoms with Gasteiger partial charge in [-0.3, -0.25) is 4.99 Å². The van der Waals surface area contributed by atoms with Crippen LogP contribution in [0.2, 0.25) is 0 Å². The van der Waals surface area contributed by atoms with Crippen LogP contribution < -0.4 is 5.73 Å². The second kappa shape index (κ2) is 7.44. The molecule has 20 heavy (non-hydrogen) atoms. The number of allylic oxidation sites excluding steroid dienone is 2. The molecule has 1 rings (SSSR count). The molecule has 0 saturated heterocycles. The molecule has 0 aromatic carbocycles. The zero-order valence-electron chi connectivity index (χ0n) is 13.3. The zero-order valence-corrected chi connectivity index (χ0v) is 14.1. The number of nitrogens with two attached hydrogens (primary N) is 1. The number of hydrogen-bond donors (Lipinski definition) is 1. The van der Waals surface area contributed by atoms with E-state index in [0.29, 0.717) is 11.6 Å². The highest BCUT2D eigenvalue weighted by Gasteiger charge is 2.15. The van der Waals surface area contributed by atoms with Gasteiger partial charge in [0.15, 0.2) is 0 Å². The lowest BCUT2D eigenvalue weighted by molar-refractivity contribution is 0.681. The summed E-state index contributed by atoms with van der Waals surface area (Å²) in [6, 6.07) is 2.17. The van der Waals surface area contributed by atoms with Gasteiger partial charge in [-0.25, -0.2) is 0 Å². The molecule has 1 unspecified atom stereocenters. The van der Waals surface area contributed by atoms with Crippen LogP contribution >= 0.6 is 11.3 Å². The predicted molar refractivity (Wildman–Crippen MR) is 93.4 cm³/mol. The fraction of sp³-hybridized carbons (Fsp3) is 0.471. The van der Waals surface area contributed by atoms with Gasteiger partial charge in [0.05, 0.1) is 4.88 Å². The van der Waals surface area contributed by atoms with Crippen LogP contribution in [-0.2, 0) is 6.42 Å². The second-order valence-corrected chi connectivity index (χ2v) is 6.24. The molecule has 0 amide bonds. The summed E-state index contributed by atoms with van der Waals surface area (Å²) in [6.45, 7) is 12.7. The standard InChI is InChI=1S/C17H26N2S/c1-7-11(3)15(10-19-6)12(4)14-9-17(13(5)18)20-16(14)8-2/h9-11H,5,7-8,18H2,1-4,6H3/b15-12-,19-10-. The Hall–Kier alpha value is -1.35. The van der Waals surface area contributed by atoms with Crippen LogP contribution in [0.15, 0.2) is 23.2 Å². The first-order valence-electron chi connectivity index (χ1n) is 7.16. The number of aryl methyl sites for hydroxylation is 1. The van der Waals surface area contributed by atoms with E-state index in [-0.39, 0.29) is 0 Å². The number of nitrogens with zero attached hydrogens (tertiary/aromatic N) is 1. The molecule has 0 aliphatic carbocycles. The Kier molecular flexibility index (Phi) is 6.21. The van der Waals surface area contributed by atoms with Crippen molar-refractivity contribution in [3.8, 4) is 0 Å². The third-order valence-electron chi connectivity index (χ3n) is 3.70. The number of hydrogen-bond acceptors (Lipinski definition) is 3. The largest absolute Gasteiger partial charge is 0.398 e. The van der Waals surface area contributed by atoms with Gasteiger partial charge in [0.2, 0.25) is 0 Å². The number of thiophene rings is 1. The molecule has 0 aliphatic rings. The van der Waals surface area contributed by atoms with Crippen molar-refractivity contribution in [1.29, 1.82) is 0 Å². The molecule has 0 saturated carbocycles. The molecule has 0 aliphatic heterocycles. The fourth-order valence-electron chi connectivity index (χ4n) is 2.28. The molecule has 1 atom stereocenters. The van der Waals surface area contributed by atoms with Gasteiger partial charge in [0.1, 0.15) is 0 Å². The quantitative estimate of drug-likeness (QED) is 0.754. The van der Waals surface area contributed by atoms with Gasteiger partial charge >= 0.3 is 0 Å². The van der Waals surface area contributed by atoms with E-state index in [9.17, 15) is 0 Å². The molecule has 2 nitrogen and oxygen atoms in total. The summed E-state index contributed by atoms with van der Waals surface area (Å²) in [5.41, 5.74) is 10.4. The van der Waals surface area contributed by atoms with Crippen molar-refractivity contribution in [2.24, 2.45) is 16.6 Å². The van der Waals surface area contributed by atoms with Gasteiger partial charge < -0.3 is 5.73 Å². The Bertz CT molecular complexity index is 535. The summed E-state index contributed by atoms with van der Waals surface area (Å²) in [5.74, 6) is 0.507. The first kappa shape index (κ1) is 16.7. The zero-order chi connectivity index (χ0) is 15.3. The van der Waals surface area contributed by atoms with Crippen LogP contribution in [0.25, 0.3) is 11.3 Å². The number of aliphatic imine (C=N–C) groups is 1. The minimum atomic E-state index is 0.507. The highest BCUT2D eigenvalue weighted by Crippen LogP contribution is 2.34. The number of rotatable bonds is 6. The van der Waals surface area contributed by atoms with E-state index in [0.717, 1.165) is 17.7 Å². The highest BCUT2D eigenvalue weighted by atomic mass is 32.1. The average molecular weight is 290 g/mol. The van der Waals surface area contributed by atoms with Crippen molar-refractivity contribution in [2.75, 3.05) is 7.05 Å². The summed E-state index contributed by atoms with van der Waals surface area (Å²) in [7, 11) is 1.83. The lowest BCUT2D eigenvalue weighted by atomic mass is 9.91. The SMILES string of the molecule is C=C(N)c1cc(/C(C)=C(/C=N\C)C(C)CC)c(CC)s1. The van der Waals surface area contributed by atoms with Gasteiger partial charge in [-0.15, -0.1) is 11.3 Å². The Morgan fingerprint density at radius 3 is 2.60 bits per heavy atom. The smallest absolute Gasteiger partial charge is 0.0502 e. The molecule has 0 bridgehead atoms. The minimum absolute atomic E-state index is 0.507. The van der Waals surface area contributed by atoms with Crippen molar-refractivity contribution in [3.63, 3.8) is 0 Å². The lowest BCUT2D eigenvalue weighted by Crippen LogP contribution is -2.03. The van der Waals surface area contributed by atoms with Crippen LogP contribution in [0, 0.1) is 5.92 Å².